The van der Waals surface area contributed by atoms with Crippen molar-refractivity contribution in [3.63, 3.8) is 0 Å². The number of hydrogen-bond acceptors (Lipinski definition) is 7. The minimum absolute atomic E-state index is 0.439. The second kappa shape index (κ2) is 9.69. The summed E-state index contributed by atoms with van der Waals surface area (Å²) in [6, 6.07) is 11.7. The molecule has 0 saturated carbocycles. The molecule has 0 saturated heterocycles. The van der Waals surface area contributed by atoms with Crippen molar-refractivity contribution >= 4 is 11.8 Å². The van der Waals surface area contributed by atoms with Crippen molar-refractivity contribution < 1.29 is 18.6 Å². The fourth-order valence-electron chi connectivity index (χ4n) is 3.03. The molecule has 0 aliphatic rings. The highest BCUT2D eigenvalue weighted by molar-refractivity contribution is 7.99. The van der Waals surface area contributed by atoms with Crippen molar-refractivity contribution in [2.45, 2.75) is 31.9 Å². The number of hydrogen-bond donors (Lipinski definition) is 0. The Morgan fingerprint density at radius 3 is 2.48 bits per heavy atom. The molecule has 1 heterocycles. The molecular weight excluding hydrogens is 388 g/mol. The molecule has 0 radical (unpaired) electrons. The van der Waals surface area contributed by atoms with E-state index in [1.807, 2.05) is 24.3 Å². The Bertz CT molecular complexity index is 956. The molecule has 0 N–H and O–H groups in total. The van der Waals surface area contributed by atoms with Gasteiger partial charge in [0.1, 0.15) is 5.75 Å². The molecular formula is C22H26N2O4S. The Labute approximate surface area is 175 Å². The van der Waals surface area contributed by atoms with Crippen molar-refractivity contribution in [3.05, 3.63) is 47.5 Å². The predicted molar refractivity (Wildman–Crippen MR) is 114 cm³/mol. The fourth-order valence-corrected chi connectivity index (χ4v) is 3.61. The molecule has 0 spiro atoms. The lowest BCUT2D eigenvalue weighted by atomic mass is 9.98. The average Bonchev–Trinajstić information content (AvgIpc) is 3.19. The molecule has 0 aliphatic carbocycles. The lowest BCUT2D eigenvalue weighted by Gasteiger charge is -2.12. The Balaban J connectivity index is 1.54. The molecule has 6 nitrogen and oxygen atoms in total. The molecule has 3 aromatic rings. The first-order valence-electron chi connectivity index (χ1n) is 9.44. The monoisotopic (exact) mass is 414 g/mol. The zero-order chi connectivity index (χ0) is 20.8. The lowest BCUT2D eigenvalue weighted by molar-refractivity contribution is 0.343. The SMILES string of the molecule is COc1ccc(-c2nnc(SCCOc3ccc(C(C)C)c(C)c3)o2)cc1OC. The number of thioether (sulfide) groups is 1. The van der Waals surface area contributed by atoms with Crippen LogP contribution in [0.2, 0.25) is 0 Å². The second-order valence-electron chi connectivity index (χ2n) is 6.81. The van der Waals surface area contributed by atoms with Gasteiger partial charge in [0.15, 0.2) is 11.5 Å². The van der Waals surface area contributed by atoms with E-state index in [1.54, 1.807) is 14.2 Å². The van der Waals surface area contributed by atoms with E-state index in [0.29, 0.717) is 40.9 Å². The summed E-state index contributed by atoms with van der Waals surface area (Å²) >= 11 is 1.46. The van der Waals surface area contributed by atoms with Gasteiger partial charge in [-0.15, -0.1) is 10.2 Å². The van der Waals surface area contributed by atoms with Crippen LogP contribution in [0.15, 0.2) is 46.0 Å². The largest absolute Gasteiger partial charge is 0.493 e. The predicted octanol–water partition coefficient (Wildman–Crippen LogP) is 5.36. The smallest absolute Gasteiger partial charge is 0.276 e. The van der Waals surface area contributed by atoms with Crippen LogP contribution in [0.3, 0.4) is 0 Å². The summed E-state index contributed by atoms with van der Waals surface area (Å²) in [5.41, 5.74) is 3.38. The number of rotatable bonds is 9. The van der Waals surface area contributed by atoms with Gasteiger partial charge in [-0.25, -0.2) is 0 Å². The normalized spacial score (nSPS) is 11.0. The van der Waals surface area contributed by atoms with Crippen LogP contribution >= 0.6 is 11.8 Å². The molecule has 0 unspecified atom stereocenters. The van der Waals surface area contributed by atoms with Crippen LogP contribution in [-0.4, -0.2) is 36.8 Å². The third-order valence-corrected chi connectivity index (χ3v) is 5.26. The second-order valence-corrected chi connectivity index (χ2v) is 7.86. The summed E-state index contributed by atoms with van der Waals surface area (Å²) < 4.78 is 22.2. The summed E-state index contributed by atoms with van der Waals surface area (Å²) in [7, 11) is 3.19. The van der Waals surface area contributed by atoms with E-state index < -0.39 is 0 Å². The minimum atomic E-state index is 0.439. The van der Waals surface area contributed by atoms with Crippen LogP contribution in [0.25, 0.3) is 11.5 Å². The molecule has 0 bridgehead atoms. The number of benzene rings is 2. The average molecular weight is 415 g/mol. The summed E-state index contributed by atoms with van der Waals surface area (Å²) in [4.78, 5) is 0. The molecule has 1 aromatic heterocycles. The Morgan fingerprint density at radius 2 is 1.79 bits per heavy atom. The maximum atomic E-state index is 5.85. The first-order valence-corrected chi connectivity index (χ1v) is 10.4. The van der Waals surface area contributed by atoms with Crippen LogP contribution in [0.5, 0.6) is 17.2 Å². The maximum Gasteiger partial charge on any atom is 0.276 e. The van der Waals surface area contributed by atoms with Gasteiger partial charge in [-0.3, -0.25) is 0 Å². The minimum Gasteiger partial charge on any atom is -0.493 e. The topological polar surface area (TPSA) is 66.6 Å². The zero-order valence-electron chi connectivity index (χ0n) is 17.4. The van der Waals surface area contributed by atoms with Gasteiger partial charge in [-0.1, -0.05) is 31.7 Å². The van der Waals surface area contributed by atoms with Gasteiger partial charge in [0.2, 0.25) is 5.89 Å². The van der Waals surface area contributed by atoms with E-state index in [2.05, 4.69) is 43.1 Å². The lowest BCUT2D eigenvalue weighted by Crippen LogP contribution is -2.01. The van der Waals surface area contributed by atoms with E-state index >= 15 is 0 Å². The number of nitrogens with zero attached hydrogens (tertiary/aromatic N) is 2. The highest BCUT2D eigenvalue weighted by Gasteiger charge is 2.12. The summed E-state index contributed by atoms with van der Waals surface area (Å²) in [5, 5.41) is 8.72. The van der Waals surface area contributed by atoms with Crippen LogP contribution in [0.1, 0.15) is 30.9 Å². The number of methoxy groups -OCH3 is 2. The van der Waals surface area contributed by atoms with Gasteiger partial charge in [0.25, 0.3) is 5.22 Å². The quantitative estimate of drug-likeness (QED) is 0.345. The van der Waals surface area contributed by atoms with E-state index in [9.17, 15) is 0 Å². The summed E-state index contributed by atoms with van der Waals surface area (Å²) in [6.07, 6.45) is 0. The molecule has 2 aromatic carbocycles. The summed E-state index contributed by atoms with van der Waals surface area (Å²) in [6.45, 7) is 7.06. The molecule has 154 valence electrons. The third kappa shape index (κ3) is 5.23. The van der Waals surface area contributed by atoms with Crippen LogP contribution in [-0.2, 0) is 0 Å². The first-order chi connectivity index (χ1) is 14.0. The number of aryl methyl sites for hydroxylation is 1. The number of aromatic nitrogens is 2. The Hall–Kier alpha value is -2.67. The molecule has 29 heavy (non-hydrogen) atoms. The Morgan fingerprint density at radius 1 is 1.00 bits per heavy atom. The van der Waals surface area contributed by atoms with Gasteiger partial charge in [0, 0.05) is 11.3 Å². The molecule has 0 aliphatic heterocycles. The summed E-state index contributed by atoms with van der Waals surface area (Å²) in [5.74, 6) is 3.80. The highest BCUT2D eigenvalue weighted by atomic mass is 32.2. The van der Waals surface area contributed by atoms with E-state index in [0.717, 1.165) is 11.3 Å². The van der Waals surface area contributed by atoms with Gasteiger partial charge < -0.3 is 18.6 Å². The van der Waals surface area contributed by atoms with E-state index in [4.69, 9.17) is 18.6 Å². The van der Waals surface area contributed by atoms with Gasteiger partial charge in [-0.05, 0) is 54.3 Å². The van der Waals surface area contributed by atoms with Crippen molar-refractivity contribution in [2.75, 3.05) is 26.6 Å². The van der Waals surface area contributed by atoms with Crippen LogP contribution in [0.4, 0.5) is 0 Å². The van der Waals surface area contributed by atoms with Gasteiger partial charge >= 0.3 is 0 Å². The molecule has 7 heteroatoms. The standard InChI is InChI=1S/C22H26N2O4S/c1-14(2)18-8-7-17(12-15(18)3)27-10-11-29-22-24-23-21(28-22)16-6-9-19(25-4)20(13-16)26-5/h6-9,12-14H,10-11H2,1-5H3. The van der Waals surface area contributed by atoms with Crippen molar-refractivity contribution in [3.8, 4) is 28.7 Å². The van der Waals surface area contributed by atoms with Crippen molar-refractivity contribution in [2.24, 2.45) is 0 Å². The fraction of sp³-hybridized carbons (Fsp3) is 0.364. The maximum absolute atomic E-state index is 5.85. The molecule has 0 atom stereocenters. The first kappa shape index (κ1) is 21.0. The van der Waals surface area contributed by atoms with E-state index in [1.165, 1.54) is 22.9 Å². The van der Waals surface area contributed by atoms with Crippen molar-refractivity contribution in [1.82, 2.24) is 10.2 Å². The van der Waals surface area contributed by atoms with Crippen molar-refractivity contribution in [1.29, 1.82) is 0 Å². The third-order valence-electron chi connectivity index (χ3n) is 4.48. The van der Waals surface area contributed by atoms with E-state index in [-0.39, 0.29) is 0 Å². The van der Waals surface area contributed by atoms with Gasteiger partial charge in [-0.2, -0.15) is 0 Å². The molecule has 3 rings (SSSR count). The van der Waals surface area contributed by atoms with Gasteiger partial charge in [0.05, 0.1) is 20.8 Å². The number of ether oxygens (including phenoxy) is 3. The van der Waals surface area contributed by atoms with Crippen LogP contribution in [0, 0.1) is 6.92 Å². The highest BCUT2D eigenvalue weighted by Crippen LogP contribution is 2.32. The molecule has 0 amide bonds. The Kier molecular flexibility index (Phi) is 7.04. The van der Waals surface area contributed by atoms with Crippen LogP contribution < -0.4 is 14.2 Å². The molecule has 0 fully saturated rings. The zero-order valence-corrected chi connectivity index (χ0v) is 18.2.